The van der Waals surface area contributed by atoms with Crippen LogP contribution in [0.2, 0.25) is 0 Å². The van der Waals surface area contributed by atoms with Gasteiger partial charge in [-0.05, 0) is 62.2 Å². The molecule has 2 aliphatic rings. The molecule has 3 aromatic heterocycles. The van der Waals surface area contributed by atoms with Crippen molar-refractivity contribution in [3.8, 4) is 17.0 Å². The quantitative estimate of drug-likeness (QED) is 0.283. The van der Waals surface area contributed by atoms with Crippen molar-refractivity contribution in [2.75, 3.05) is 13.2 Å². The molecule has 2 amide bonds. The van der Waals surface area contributed by atoms with Crippen molar-refractivity contribution in [3.63, 3.8) is 0 Å². The lowest BCUT2D eigenvalue weighted by atomic mass is 9.81. The third-order valence-corrected chi connectivity index (χ3v) is 7.70. The first kappa shape index (κ1) is 27.6. The number of hydrogen-bond acceptors (Lipinski definition) is 7. The molecule has 1 aromatic carbocycles. The van der Waals surface area contributed by atoms with E-state index < -0.39 is 47.1 Å². The number of imidazole rings is 1. The zero-order valence-corrected chi connectivity index (χ0v) is 22.1. The second-order valence-electron chi connectivity index (χ2n) is 10.7. The lowest BCUT2D eigenvalue weighted by Crippen LogP contribution is -2.52. The van der Waals surface area contributed by atoms with Gasteiger partial charge in [-0.15, -0.1) is 0 Å². The number of aliphatic hydroxyl groups is 1. The van der Waals surface area contributed by atoms with Gasteiger partial charge in [-0.25, -0.2) is 18.9 Å². The van der Waals surface area contributed by atoms with E-state index in [-0.39, 0.29) is 34.9 Å². The third-order valence-electron chi connectivity index (χ3n) is 7.70. The van der Waals surface area contributed by atoms with Gasteiger partial charge in [0.25, 0.3) is 5.91 Å². The van der Waals surface area contributed by atoms with Crippen molar-refractivity contribution in [2.45, 2.75) is 42.9 Å². The Morgan fingerprint density at radius 1 is 1.17 bits per heavy atom. The highest BCUT2D eigenvalue weighted by molar-refractivity contribution is 5.92. The Labute approximate surface area is 235 Å². The number of benzene rings is 1. The van der Waals surface area contributed by atoms with Gasteiger partial charge < -0.3 is 20.9 Å². The first-order valence-electron chi connectivity index (χ1n) is 13.0. The van der Waals surface area contributed by atoms with Gasteiger partial charge in [0.1, 0.15) is 35.0 Å². The topological polar surface area (TPSA) is 145 Å². The van der Waals surface area contributed by atoms with Crippen LogP contribution in [0.4, 0.5) is 17.6 Å². The van der Waals surface area contributed by atoms with Gasteiger partial charge in [-0.3, -0.25) is 9.59 Å². The Morgan fingerprint density at radius 2 is 1.88 bits per heavy atom. The molecule has 14 heteroatoms. The van der Waals surface area contributed by atoms with E-state index in [2.05, 4.69) is 20.4 Å². The number of aromatic nitrogens is 4. The Kier molecular flexibility index (Phi) is 6.22. The standard InChI is InChI=1S/C28H24F4N6O4/c1-26(25(33)40)13-42-23-17(26)10-20(36-22(23)15-4-6-16(29)7-5-15)27(41,28(30,31)32)12-34-24(39)18-8-9-21-35-19(14-2-3-14)11-38(21)37-18/h4-11,14,41H,2-3,12-13H2,1H3,(H2,33,40)(H,34,39)/t26-,27?/m0/s1. The number of ether oxygens (including phenoxy) is 1. The van der Waals surface area contributed by atoms with Gasteiger partial charge in [-0.2, -0.15) is 18.3 Å². The predicted octanol–water partition coefficient (Wildman–Crippen LogP) is 3.12. The molecule has 1 aliphatic heterocycles. The van der Waals surface area contributed by atoms with Gasteiger partial charge in [0.2, 0.25) is 11.5 Å². The number of nitrogens with zero attached hydrogens (tertiary/aromatic N) is 4. The minimum atomic E-state index is -5.34. The van der Waals surface area contributed by atoms with E-state index in [1.807, 2.05) is 0 Å². The molecule has 42 heavy (non-hydrogen) atoms. The fraction of sp³-hybridized carbons (Fsp3) is 0.321. The molecule has 0 spiro atoms. The second kappa shape index (κ2) is 9.48. The van der Waals surface area contributed by atoms with Crippen molar-refractivity contribution in [1.29, 1.82) is 0 Å². The van der Waals surface area contributed by atoms with Crippen LogP contribution in [0.1, 0.15) is 53.1 Å². The largest absolute Gasteiger partial charge is 0.489 e. The maximum atomic E-state index is 14.6. The van der Waals surface area contributed by atoms with Crippen LogP contribution in [0.5, 0.6) is 5.75 Å². The summed E-state index contributed by atoms with van der Waals surface area (Å²) in [5, 5.41) is 17.4. The van der Waals surface area contributed by atoms with Crippen molar-refractivity contribution in [3.05, 3.63) is 77.1 Å². The predicted molar refractivity (Wildman–Crippen MR) is 139 cm³/mol. The summed E-state index contributed by atoms with van der Waals surface area (Å²) in [5.74, 6) is -2.16. The number of carbonyl (C=O) groups excluding carboxylic acids is 2. The summed E-state index contributed by atoms with van der Waals surface area (Å²) in [6.07, 6.45) is -1.68. The number of nitrogens with two attached hydrogens (primary N) is 1. The Hall–Kier alpha value is -4.59. The van der Waals surface area contributed by atoms with E-state index in [1.54, 1.807) is 6.20 Å². The number of carbonyl (C=O) groups is 2. The first-order chi connectivity index (χ1) is 19.8. The SMILES string of the molecule is C[C@]1(C(N)=O)COc2c1cc(C(O)(CNC(=O)c1ccc3nc(C4CC4)cn3n1)C(F)(F)F)nc2-c1ccc(F)cc1. The fourth-order valence-electron chi connectivity index (χ4n) is 4.83. The van der Waals surface area contributed by atoms with Gasteiger partial charge in [0, 0.05) is 17.0 Å². The lowest BCUT2D eigenvalue weighted by Gasteiger charge is -2.31. The van der Waals surface area contributed by atoms with E-state index in [9.17, 15) is 32.3 Å². The summed E-state index contributed by atoms with van der Waals surface area (Å²) in [7, 11) is 0. The average Bonchev–Trinajstić information content (AvgIpc) is 3.62. The van der Waals surface area contributed by atoms with Crippen molar-refractivity contribution in [1.82, 2.24) is 24.9 Å². The van der Waals surface area contributed by atoms with E-state index in [0.717, 1.165) is 36.7 Å². The number of amides is 2. The van der Waals surface area contributed by atoms with Crippen LogP contribution in [0.15, 0.2) is 48.7 Å². The highest BCUT2D eigenvalue weighted by Gasteiger charge is 2.57. The number of nitrogens with one attached hydrogen (secondary N) is 1. The number of halogens is 4. The van der Waals surface area contributed by atoms with E-state index in [0.29, 0.717) is 11.6 Å². The smallest absolute Gasteiger partial charge is 0.424 e. The van der Waals surface area contributed by atoms with Crippen LogP contribution in [-0.4, -0.2) is 55.8 Å². The second-order valence-corrected chi connectivity index (χ2v) is 10.7. The molecule has 4 N–H and O–H groups in total. The highest BCUT2D eigenvalue weighted by Crippen LogP contribution is 2.47. The number of pyridine rings is 1. The van der Waals surface area contributed by atoms with Gasteiger partial charge in [0.05, 0.1) is 24.1 Å². The normalized spacial score (nSPS) is 19.7. The first-order valence-corrected chi connectivity index (χ1v) is 13.0. The molecule has 218 valence electrons. The number of alkyl halides is 3. The van der Waals surface area contributed by atoms with E-state index in [4.69, 9.17) is 10.5 Å². The molecule has 1 saturated carbocycles. The highest BCUT2D eigenvalue weighted by atomic mass is 19.4. The molecule has 0 radical (unpaired) electrons. The van der Waals surface area contributed by atoms with E-state index in [1.165, 1.54) is 35.7 Å². The summed E-state index contributed by atoms with van der Waals surface area (Å²) >= 11 is 0. The lowest BCUT2D eigenvalue weighted by molar-refractivity contribution is -0.265. The minimum Gasteiger partial charge on any atom is -0.489 e. The summed E-state index contributed by atoms with van der Waals surface area (Å²) < 4.78 is 64.4. The zero-order chi connectivity index (χ0) is 30.0. The summed E-state index contributed by atoms with van der Waals surface area (Å²) in [5.41, 5.74) is 0.457. The van der Waals surface area contributed by atoms with Crippen LogP contribution in [-0.2, 0) is 15.8 Å². The molecule has 0 saturated heterocycles. The molecule has 1 aliphatic carbocycles. The number of fused-ring (bicyclic) bond motifs is 2. The molecule has 2 atom stereocenters. The molecule has 4 aromatic rings. The summed E-state index contributed by atoms with van der Waals surface area (Å²) in [6, 6.07) is 8.42. The number of rotatable bonds is 7. The van der Waals surface area contributed by atoms with Crippen LogP contribution in [0.25, 0.3) is 16.9 Å². The summed E-state index contributed by atoms with van der Waals surface area (Å²) in [6.45, 7) is -0.238. The van der Waals surface area contributed by atoms with Crippen molar-refractivity contribution in [2.24, 2.45) is 5.73 Å². The molecular formula is C28H24F4N6O4. The Morgan fingerprint density at radius 3 is 2.52 bits per heavy atom. The monoisotopic (exact) mass is 584 g/mol. The Balaban J connectivity index is 1.38. The molecule has 6 rings (SSSR count). The molecule has 1 unspecified atom stereocenters. The molecule has 4 heterocycles. The van der Waals surface area contributed by atoms with Gasteiger partial charge >= 0.3 is 6.18 Å². The van der Waals surface area contributed by atoms with Crippen LogP contribution >= 0.6 is 0 Å². The number of hydrogen-bond donors (Lipinski definition) is 3. The van der Waals surface area contributed by atoms with Crippen LogP contribution < -0.4 is 15.8 Å². The van der Waals surface area contributed by atoms with Crippen molar-refractivity contribution >= 4 is 17.5 Å². The summed E-state index contributed by atoms with van der Waals surface area (Å²) in [4.78, 5) is 33.8. The zero-order valence-electron chi connectivity index (χ0n) is 22.1. The Bertz CT molecular complexity index is 1740. The van der Waals surface area contributed by atoms with Gasteiger partial charge in [-0.1, -0.05) is 0 Å². The molecule has 1 fully saturated rings. The maximum Gasteiger partial charge on any atom is 0.424 e. The molecule has 10 nitrogen and oxygen atoms in total. The third kappa shape index (κ3) is 4.51. The van der Waals surface area contributed by atoms with Gasteiger partial charge in [0.15, 0.2) is 5.65 Å². The average molecular weight is 585 g/mol. The molecular weight excluding hydrogens is 560 g/mol. The van der Waals surface area contributed by atoms with E-state index >= 15 is 0 Å². The van der Waals surface area contributed by atoms with Crippen LogP contribution in [0.3, 0.4) is 0 Å². The number of primary amides is 1. The van der Waals surface area contributed by atoms with Crippen LogP contribution in [0, 0.1) is 5.82 Å². The fourth-order valence-corrected chi connectivity index (χ4v) is 4.83. The molecule has 0 bridgehead atoms. The van der Waals surface area contributed by atoms with Crippen molar-refractivity contribution < 1.29 is 37.0 Å². The maximum absolute atomic E-state index is 14.6. The minimum absolute atomic E-state index is 0.0244.